The van der Waals surface area contributed by atoms with Crippen LogP contribution in [0.4, 0.5) is 4.79 Å². The minimum Gasteiger partial charge on any atom is -0.444 e. The van der Waals surface area contributed by atoms with Crippen molar-refractivity contribution in [2.45, 2.75) is 39.5 Å². The van der Waals surface area contributed by atoms with Crippen LogP contribution >= 0.6 is 0 Å². The van der Waals surface area contributed by atoms with Crippen molar-refractivity contribution in [3.05, 3.63) is 35.4 Å². The average molecular weight is 265 g/mol. The molecule has 4 nitrogen and oxygen atoms in total. The van der Waals surface area contributed by atoms with Crippen LogP contribution in [0.2, 0.25) is 0 Å². The number of carbonyl (C=O) groups excluding carboxylic acids is 1. The predicted octanol–water partition coefficient (Wildman–Crippen LogP) is 3.20. The summed E-state index contributed by atoms with van der Waals surface area (Å²) in [6.45, 7) is 6.67. The van der Waals surface area contributed by atoms with Gasteiger partial charge in [0.05, 0.1) is 6.61 Å². The molecule has 4 heteroatoms. The number of hydrogen-bond donors (Lipinski definition) is 0. The molecule has 0 heterocycles. The Morgan fingerprint density at radius 3 is 2.47 bits per heavy atom. The molecule has 1 aromatic carbocycles. The van der Waals surface area contributed by atoms with E-state index in [1.54, 1.807) is 19.1 Å². The summed E-state index contributed by atoms with van der Waals surface area (Å²) in [7, 11) is 3.40. The van der Waals surface area contributed by atoms with Crippen molar-refractivity contribution in [1.82, 2.24) is 4.90 Å². The van der Waals surface area contributed by atoms with E-state index in [1.165, 1.54) is 0 Å². The molecule has 1 amide bonds. The Kier molecular flexibility index (Phi) is 5.36. The van der Waals surface area contributed by atoms with Gasteiger partial charge in [0, 0.05) is 20.7 Å². The monoisotopic (exact) mass is 265 g/mol. The fraction of sp³-hybridized carbons (Fsp3) is 0.533. The van der Waals surface area contributed by atoms with Crippen LogP contribution in [0.15, 0.2) is 24.3 Å². The normalized spacial score (nSPS) is 11.2. The Morgan fingerprint density at radius 1 is 1.26 bits per heavy atom. The van der Waals surface area contributed by atoms with Gasteiger partial charge >= 0.3 is 6.09 Å². The van der Waals surface area contributed by atoms with E-state index in [0.29, 0.717) is 13.2 Å². The lowest BCUT2D eigenvalue weighted by Gasteiger charge is -2.24. The van der Waals surface area contributed by atoms with E-state index in [-0.39, 0.29) is 6.09 Å². The zero-order valence-corrected chi connectivity index (χ0v) is 12.4. The van der Waals surface area contributed by atoms with Gasteiger partial charge in [0.25, 0.3) is 0 Å². The van der Waals surface area contributed by atoms with Crippen LogP contribution in [0, 0.1) is 0 Å². The lowest BCUT2D eigenvalue weighted by Crippen LogP contribution is -2.33. The minimum atomic E-state index is -0.469. The lowest BCUT2D eigenvalue weighted by molar-refractivity contribution is 0.0285. The summed E-state index contributed by atoms with van der Waals surface area (Å²) in [4.78, 5) is 13.4. The van der Waals surface area contributed by atoms with Crippen molar-refractivity contribution in [3.63, 3.8) is 0 Å². The SMILES string of the molecule is COCc1cccc(CN(C)C(=O)OC(C)(C)C)c1. The van der Waals surface area contributed by atoms with E-state index in [1.807, 2.05) is 45.0 Å². The summed E-state index contributed by atoms with van der Waals surface area (Å²) in [6, 6.07) is 7.98. The summed E-state index contributed by atoms with van der Waals surface area (Å²) >= 11 is 0. The number of amides is 1. The number of carbonyl (C=O) groups is 1. The van der Waals surface area contributed by atoms with Gasteiger partial charge < -0.3 is 14.4 Å². The van der Waals surface area contributed by atoms with Gasteiger partial charge in [-0.3, -0.25) is 0 Å². The van der Waals surface area contributed by atoms with Gasteiger partial charge in [-0.1, -0.05) is 24.3 Å². The second-order valence-electron chi connectivity index (χ2n) is 5.59. The van der Waals surface area contributed by atoms with Crippen LogP contribution in [0.5, 0.6) is 0 Å². The number of ether oxygens (including phenoxy) is 2. The van der Waals surface area contributed by atoms with Gasteiger partial charge in [-0.15, -0.1) is 0 Å². The molecule has 0 aromatic heterocycles. The molecule has 0 N–H and O–H groups in total. The van der Waals surface area contributed by atoms with E-state index in [2.05, 4.69) is 0 Å². The van der Waals surface area contributed by atoms with Crippen LogP contribution in [-0.4, -0.2) is 30.8 Å². The minimum absolute atomic E-state index is 0.315. The second kappa shape index (κ2) is 6.57. The molecule has 0 saturated heterocycles. The molecule has 0 spiro atoms. The molecule has 0 aliphatic rings. The van der Waals surface area contributed by atoms with Crippen LogP contribution in [-0.2, 0) is 22.6 Å². The summed E-state index contributed by atoms with van der Waals surface area (Å²) < 4.78 is 10.4. The molecule has 0 aliphatic heterocycles. The van der Waals surface area contributed by atoms with Crippen LogP contribution in [0.3, 0.4) is 0 Å². The van der Waals surface area contributed by atoms with Gasteiger partial charge in [-0.25, -0.2) is 4.79 Å². The first-order chi connectivity index (χ1) is 8.81. The number of methoxy groups -OCH3 is 1. The molecule has 0 unspecified atom stereocenters. The van der Waals surface area contributed by atoms with Gasteiger partial charge in [-0.2, -0.15) is 0 Å². The molecule has 1 rings (SSSR count). The third kappa shape index (κ3) is 5.75. The topological polar surface area (TPSA) is 38.8 Å². The van der Waals surface area contributed by atoms with Crippen LogP contribution < -0.4 is 0 Å². The van der Waals surface area contributed by atoms with Crippen molar-refractivity contribution < 1.29 is 14.3 Å². The summed E-state index contributed by atoms with van der Waals surface area (Å²) in [5.41, 5.74) is 1.68. The van der Waals surface area contributed by atoms with Crippen molar-refractivity contribution in [3.8, 4) is 0 Å². The molecule has 106 valence electrons. The van der Waals surface area contributed by atoms with Crippen LogP contribution in [0.1, 0.15) is 31.9 Å². The largest absolute Gasteiger partial charge is 0.444 e. The first kappa shape index (κ1) is 15.5. The Hall–Kier alpha value is -1.55. The third-order valence-electron chi connectivity index (χ3n) is 2.43. The zero-order chi connectivity index (χ0) is 14.5. The zero-order valence-electron chi connectivity index (χ0n) is 12.4. The number of benzene rings is 1. The van der Waals surface area contributed by atoms with E-state index >= 15 is 0 Å². The maximum atomic E-state index is 11.9. The summed E-state index contributed by atoms with van der Waals surface area (Å²) in [5, 5.41) is 0. The molecule has 1 aromatic rings. The molecular formula is C15H23NO3. The fourth-order valence-corrected chi connectivity index (χ4v) is 1.66. The van der Waals surface area contributed by atoms with Crippen molar-refractivity contribution in [2.75, 3.05) is 14.2 Å². The first-order valence-corrected chi connectivity index (χ1v) is 6.32. The van der Waals surface area contributed by atoms with Crippen molar-refractivity contribution >= 4 is 6.09 Å². The molecule has 0 aliphatic carbocycles. The lowest BCUT2D eigenvalue weighted by atomic mass is 10.1. The predicted molar refractivity (Wildman–Crippen MR) is 74.9 cm³/mol. The highest BCUT2D eigenvalue weighted by Gasteiger charge is 2.19. The standard InChI is InChI=1S/C15H23NO3/c1-15(2,3)19-14(17)16(4)10-12-7-6-8-13(9-12)11-18-5/h6-9H,10-11H2,1-5H3. The van der Waals surface area contributed by atoms with Gasteiger partial charge in [-0.05, 0) is 31.9 Å². The first-order valence-electron chi connectivity index (χ1n) is 6.32. The van der Waals surface area contributed by atoms with Gasteiger partial charge in [0.15, 0.2) is 0 Å². The quantitative estimate of drug-likeness (QED) is 0.839. The van der Waals surface area contributed by atoms with Crippen molar-refractivity contribution in [1.29, 1.82) is 0 Å². The van der Waals surface area contributed by atoms with E-state index < -0.39 is 5.60 Å². The fourth-order valence-electron chi connectivity index (χ4n) is 1.66. The molecule has 19 heavy (non-hydrogen) atoms. The molecule has 0 saturated carbocycles. The summed E-state index contributed by atoms with van der Waals surface area (Å²) in [6.07, 6.45) is -0.315. The van der Waals surface area contributed by atoms with E-state index in [9.17, 15) is 4.79 Å². The highest BCUT2D eigenvalue weighted by molar-refractivity contribution is 5.67. The van der Waals surface area contributed by atoms with Gasteiger partial charge in [0.2, 0.25) is 0 Å². The Morgan fingerprint density at radius 2 is 1.89 bits per heavy atom. The summed E-state index contributed by atoms with van der Waals surface area (Å²) in [5.74, 6) is 0. The van der Waals surface area contributed by atoms with E-state index in [0.717, 1.165) is 11.1 Å². The second-order valence-corrected chi connectivity index (χ2v) is 5.59. The number of nitrogens with zero attached hydrogens (tertiary/aromatic N) is 1. The molecule has 0 atom stereocenters. The number of hydrogen-bond acceptors (Lipinski definition) is 3. The molecule has 0 fully saturated rings. The Balaban J connectivity index is 2.63. The third-order valence-corrected chi connectivity index (χ3v) is 2.43. The molecule has 0 radical (unpaired) electrons. The molecule has 0 bridgehead atoms. The maximum absolute atomic E-state index is 11.9. The molecular weight excluding hydrogens is 242 g/mol. The van der Waals surface area contributed by atoms with E-state index in [4.69, 9.17) is 9.47 Å². The Labute approximate surface area is 115 Å². The average Bonchev–Trinajstić information content (AvgIpc) is 2.27. The maximum Gasteiger partial charge on any atom is 0.410 e. The highest BCUT2D eigenvalue weighted by atomic mass is 16.6. The Bertz CT molecular complexity index is 424. The smallest absolute Gasteiger partial charge is 0.410 e. The number of rotatable bonds is 4. The van der Waals surface area contributed by atoms with Gasteiger partial charge in [0.1, 0.15) is 5.60 Å². The van der Waals surface area contributed by atoms with Crippen molar-refractivity contribution in [2.24, 2.45) is 0 Å². The highest BCUT2D eigenvalue weighted by Crippen LogP contribution is 2.12. The van der Waals surface area contributed by atoms with Crippen LogP contribution in [0.25, 0.3) is 0 Å².